The topological polar surface area (TPSA) is 91.8 Å². The molecule has 0 radical (unpaired) electrons. The Hall–Kier alpha value is -1.38. The summed E-state index contributed by atoms with van der Waals surface area (Å²) in [6, 6.07) is 4.46. The number of thioether (sulfide) groups is 1. The zero-order valence-electron chi connectivity index (χ0n) is 10.6. The second kappa shape index (κ2) is 5.55. The quantitative estimate of drug-likeness (QED) is 0.835. The summed E-state index contributed by atoms with van der Waals surface area (Å²) < 4.78 is 25.8. The first-order valence-corrected chi connectivity index (χ1v) is 8.37. The summed E-state index contributed by atoms with van der Waals surface area (Å²) in [5.74, 6) is -0.957. The average Bonchev–Trinajstić information content (AvgIpc) is 2.89. The van der Waals surface area contributed by atoms with Crippen LogP contribution in [-0.2, 0) is 14.8 Å². The van der Waals surface area contributed by atoms with Crippen molar-refractivity contribution in [2.45, 2.75) is 17.9 Å². The Morgan fingerprint density at radius 3 is 2.40 bits per heavy atom. The molecule has 2 rings (SSSR count). The van der Waals surface area contributed by atoms with Crippen molar-refractivity contribution in [3.05, 3.63) is 29.8 Å². The van der Waals surface area contributed by atoms with E-state index >= 15 is 0 Å². The Bertz CT molecular complexity index is 638. The van der Waals surface area contributed by atoms with Crippen LogP contribution in [0.3, 0.4) is 0 Å². The van der Waals surface area contributed by atoms with Crippen molar-refractivity contribution in [2.24, 2.45) is 0 Å². The molecule has 1 aliphatic heterocycles. The third-order valence-electron chi connectivity index (χ3n) is 2.99. The van der Waals surface area contributed by atoms with Crippen LogP contribution in [0.4, 0.5) is 0 Å². The van der Waals surface area contributed by atoms with E-state index < -0.39 is 22.0 Å². The molecule has 0 amide bonds. The Labute approximate surface area is 120 Å². The lowest BCUT2D eigenvalue weighted by atomic mass is 10.2. The highest BCUT2D eigenvalue weighted by molar-refractivity contribution is 8.00. The molecule has 0 saturated carbocycles. The number of sulfonamides is 1. The molecular weight excluding hydrogens is 302 g/mol. The molecule has 1 aromatic carbocycles. The van der Waals surface area contributed by atoms with Crippen LogP contribution in [0.25, 0.3) is 0 Å². The van der Waals surface area contributed by atoms with Gasteiger partial charge < -0.3 is 5.11 Å². The Kier molecular flexibility index (Phi) is 4.17. The molecule has 0 spiro atoms. The number of carbonyl (C=O) groups is 2. The first kappa shape index (κ1) is 15.0. The fraction of sp³-hybridized carbons (Fsp3) is 0.333. The third-order valence-corrected chi connectivity index (χ3v) is 6.04. The van der Waals surface area contributed by atoms with Gasteiger partial charge in [0.05, 0.1) is 10.8 Å². The minimum Gasteiger partial charge on any atom is -0.480 e. The van der Waals surface area contributed by atoms with Crippen LogP contribution >= 0.6 is 11.8 Å². The molecule has 1 unspecified atom stereocenters. The van der Waals surface area contributed by atoms with E-state index in [1.54, 1.807) is 0 Å². The second-order valence-electron chi connectivity index (χ2n) is 4.33. The number of aliphatic carboxylic acids is 1. The number of hydrogen-bond donors (Lipinski definition) is 1. The minimum absolute atomic E-state index is 0.00347. The molecule has 0 bridgehead atoms. The molecule has 0 aliphatic carbocycles. The van der Waals surface area contributed by atoms with E-state index in [0.29, 0.717) is 5.56 Å². The van der Waals surface area contributed by atoms with Crippen molar-refractivity contribution < 1.29 is 23.1 Å². The van der Waals surface area contributed by atoms with E-state index in [2.05, 4.69) is 0 Å². The van der Waals surface area contributed by atoms with Crippen LogP contribution in [-0.4, -0.2) is 47.3 Å². The van der Waals surface area contributed by atoms with Crippen LogP contribution in [0.1, 0.15) is 17.3 Å². The molecule has 1 heterocycles. The number of nitrogens with zero attached hydrogens (tertiary/aromatic N) is 1. The van der Waals surface area contributed by atoms with E-state index in [1.807, 2.05) is 0 Å². The number of Topliss-reactive ketones (excluding diaryl/α,β-unsaturated/α-hetero) is 1. The molecule has 1 aromatic rings. The Morgan fingerprint density at radius 2 is 1.90 bits per heavy atom. The molecule has 1 aliphatic rings. The molecule has 1 atom stereocenters. The van der Waals surface area contributed by atoms with Gasteiger partial charge in [0, 0.05) is 11.3 Å². The molecule has 0 aromatic heterocycles. The number of carboxylic acids is 1. The van der Waals surface area contributed by atoms with Crippen molar-refractivity contribution in [2.75, 3.05) is 11.6 Å². The Balaban J connectivity index is 2.35. The lowest BCUT2D eigenvalue weighted by Gasteiger charge is -2.20. The second-order valence-corrected chi connectivity index (χ2v) is 7.22. The third kappa shape index (κ3) is 2.72. The summed E-state index contributed by atoms with van der Waals surface area (Å²) in [4.78, 5) is 22.2. The number of carbonyl (C=O) groups excluding carboxylic acids is 1. The maximum Gasteiger partial charge on any atom is 0.322 e. The van der Waals surface area contributed by atoms with Gasteiger partial charge in [0.15, 0.2) is 5.78 Å². The zero-order chi connectivity index (χ0) is 14.9. The molecule has 1 saturated heterocycles. The van der Waals surface area contributed by atoms with Crippen molar-refractivity contribution in [1.82, 2.24) is 4.31 Å². The van der Waals surface area contributed by atoms with Crippen molar-refractivity contribution in [3.63, 3.8) is 0 Å². The van der Waals surface area contributed by atoms with E-state index in [-0.39, 0.29) is 22.3 Å². The minimum atomic E-state index is -3.85. The van der Waals surface area contributed by atoms with Gasteiger partial charge in [-0.2, -0.15) is 4.31 Å². The van der Waals surface area contributed by atoms with Crippen molar-refractivity contribution >= 4 is 33.5 Å². The van der Waals surface area contributed by atoms with E-state index in [4.69, 9.17) is 5.11 Å². The molecular formula is C12H13NO5S2. The van der Waals surface area contributed by atoms with Gasteiger partial charge in [-0.05, 0) is 19.1 Å². The number of hydrogen-bond acceptors (Lipinski definition) is 5. The van der Waals surface area contributed by atoms with Gasteiger partial charge >= 0.3 is 5.97 Å². The average molecular weight is 315 g/mol. The van der Waals surface area contributed by atoms with Gasteiger partial charge in [-0.15, -0.1) is 11.8 Å². The fourth-order valence-corrected chi connectivity index (χ4v) is 4.99. The van der Waals surface area contributed by atoms with Gasteiger partial charge in [0.2, 0.25) is 10.0 Å². The first-order valence-electron chi connectivity index (χ1n) is 5.77. The maximum atomic E-state index is 12.4. The molecule has 1 fully saturated rings. The largest absolute Gasteiger partial charge is 0.480 e. The molecule has 1 N–H and O–H groups in total. The Morgan fingerprint density at radius 1 is 1.30 bits per heavy atom. The number of ketones is 1. The summed E-state index contributed by atoms with van der Waals surface area (Å²) in [6.07, 6.45) is 0. The van der Waals surface area contributed by atoms with Crippen molar-refractivity contribution in [3.8, 4) is 0 Å². The highest BCUT2D eigenvalue weighted by atomic mass is 32.2. The summed E-state index contributed by atoms with van der Waals surface area (Å²) in [5, 5.41) is 9.05. The summed E-state index contributed by atoms with van der Waals surface area (Å²) in [7, 11) is -3.85. The van der Waals surface area contributed by atoms with Gasteiger partial charge in [-0.1, -0.05) is 12.1 Å². The number of benzene rings is 1. The highest BCUT2D eigenvalue weighted by Gasteiger charge is 2.39. The highest BCUT2D eigenvalue weighted by Crippen LogP contribution is 2.28. The fourth-order valence-electron chi connectivity index (χ4n) is 1.86. The lowest BCUT2D eigenvalue weighted by Crippen LogP contribution is -2.41. The predicted molar refractivity (Wildman–Crippen MR) is 74.2 cm³/mol. The standard InChI is InChI=1S/C12H13NO5S2/c1-8(14)9-2-4-10(5-3-9)20(17,18)13-7-19-6-11(13)12(15)16/h2-5,11H,6-7H2,1H3,(H,15,16). The van der Waals surface area contributed by atoms with Crippen LogP contribution in [0, 0.1) is 0 Å². The molecule has 6 nitrogen and oxygen atoms in total. The monoisotopic (exact) mass is 315 g/mol. The van der Waals surface area contributed by atoms with Crippen LogP contribution in [0.5, 0.6) is 0 Å². The summed E-state index contributed by atoms with van der Waals surface area (Å²) in [6.45, 7) is 1.39. The van der Waals surface area contributed by atoms with Crippen LogP contribution in [0.15, 0.2) is 29.2 Å². The maximum absolute atomic E-state index is 12.4. The summed E-state index contributed by atoms with van der Waals surface area (Å²) >= 11 is 1.26. The van der Waals surface area contributed by atoms with Gasteiger partial charge in [0.1, 0.15) is 6.04 Å². The van der Waals surface area contributed by atoms with Gasteiger partial charge in [0.25, 0.3) is 0 Å². The lowest BCUT2D eigenvalue weighted by molar-refractivity contribution is -0.140. The van der Waals surface area contributed by atoms with Crippen molar-refractivity contribution in [1.29, 1.82) is 0 Å². The summed E-state index contributed by atoms with van der Waals surface area (Å²) in [5.41, 5.74) is 0.412. The molecule has 20 heavy (non-hydrogen) atoms. The zero-order valence-corrected chi connectivity index (χ0v) is 12.3. The van der Waals surface area contributed by atoms with Crippen LogP contribution < -0.4 is 0 Å². The first-order chi connectivity index (χ1) is 9.34. The van der Waals surface area contributed by atoms with E-state index in [1.165, 1.54) is 43.0 Å². The number of carboxylic acid groups (broad SMARTS) is 1. The molecule has 8 heteroatoms. The number of rotatable bonds is 4. The van der Waals surface area contributed by atoms with E-state index in [0.717, 1.165) is 4.31 Å². The van der Waals surface area contributed by atoms with E-state index in [9.17, 15) is 18.0 Å². The predicted octanol–water partition coefficient (Wildman–Crippen LogP) is 1.04. The molecule has 108 valence electrons. The van der Waals surface area contributed by atoms with Gasteiger partial charge in [-0.25, -0.2) is 8.42 Å². The van der Waals surface area contributed by atoms with Gasteiger partial charge in [-0.3, -0.25) is 9.59 Å². The smallest absolute Gasteiger partial charge is 0.322 e. The normalized spacial score (nSPS) is 19.9. The SMILES string of the molecule is CC(=O)c1ccc(S(=O)(=O)N2CSCC2C(=O)O)cc1. The van der Waals surface area contributed by atoms with Crippen LogP contribution in [0.2, 0.25) is 0 Å².